The molecular formula is C55H66N10O6S. The van der Waals surface area contributed by atoms with Gasteiger partial charge in [-0.2, -0.15) is 5.10 Å². The van der Waals surface area contributed by atoms with Crippen LogP contribution in [0.25, 0.3) is 22.3 Å². The van der Waals surface area contributed by atoms with Crippen molar-refractivity contribution < 1.29 is 28.7 Å². The number of piperazine rings is 1. The number of carbonyl (C=O) groups is 5. The molecular weight excluding hydrogens is 929 g/mol. The number of hydrogen-bond acceptors (Lipinski definition) is 13. The fourth-order valence-corrected chi connectivity index (χ4v) is 11.4. The molecule has 3 saturated heterocycles. The van der Waals surface area contributed by atoms with Gasteiger partial charge in [0.25, 0.3) is 11.8 Å². The zero-order chi connectivity index (χ0) is 49.8. The number of nitrogens with two attached hydrogens (primary N) is 1. The first-order valence-electron chi connectivity index (χ1n) is 25.9. The number of amides is 5. The van der Waals surface area contributed by atoms with E-state index in [0.29, 0.717) is 46.8 Å². The third-order valence-corrected chi connectivity index (χ3v) is 15.5. The Balaban J connectivity index is 0.616. The van der Waals surface area contributed by atoms with Gasteiger partial charge in [0.2, 0.25) is 17.7 Å². The molecule has 1 unspecified atom stereocenters. The van der Waals surface area contributed by atoms with E-state index >= 15 is 0 Å². The summed E-state index contributed by atoms with van der Waals surface area (Å²) in [5, 5.41) is 8.02. The van der Waals surface area contributed by atoms with Crippen molar-refractivity contribution in [3.05, 3.63) is 102 Å². The number of piperidine rings is 2. The first-order chi connectivity index (χ1) is 35.2. The summed E-state index contributed by atoms with van der Waals surface area (Å²) in [6.07, 6.45) is 19.4. The second-order valence-electron chi connectivity index (χ2n) is 19.3. The number of aromatic nitrogens is 4. The van der Waals surface area contributed by atoms with Gasteiger partial charge in [-0.05, 0) is 92.9 Å². The average molecular weight is 995 g/mol. The minimum absolute atomic E-state index is 0.0287. The summed E-state index contributed by atoms with van der Waals surface area (Å²) < 4.78 is 7.94. The molecule has 378 valence electrons. The summed E-state index contributed by atoms with van der Waals surface area (Å²) in [7, 11) is 0. The molecule has 3 aromatic carbocycles. The molecule has 0 radical (unpaired) electrons. The Labute approximate surface area is 425 Å². The Morgan fingerprint density at radius 2 is 1.47 bits per heavy atom. The lowest BCUT2D eigenvalue weighted by atomic mass is 10.0. The van der Waals surface area contributed by atoms with E-state index in [1.807, 2.05) is 76.3 Å². The first kappa shape index (κ1) is 50.5. The number of nitrogens with zero attached hydrogens (tertiary/aromatic N) is 8. The van der Waals surface area contributed by atoms with Crippen LogP contribution in [0.15, 0.2) is 96.2 Å². The van der Waals surface area contributed by atoms with Crippen LogP contribution in [0.5, 0.6) is 11.5 Å². The van der Waals surface area contributed by atoms with Crippen molar-refractivity contribution in [3.8, 4) is 22.8 Å². The van der Waals surface area contributed by atoms with Gasteiger partial charge in [-0.15, -0.1) is 11.8 Å². The van der Waals surface area contributed by atoms with Crippen molar-refractivity contribution in [1.29, 1.82) is 0 Å². The van der Waals surface area contributed by atoms with Crippen molar-refractivity contribution in [3.63, 3.8) is 0 Å². The lowest BCUT2D eigenvalue weighted by Crippen LogP contribution is -2.54. The van der Waals surface area contributed by atoms with Crippen LogP contribution < -0.4 is 15.8 Å². The molecule has 16 nitrogen and oxygen atoms in total. The highest BCUT2D eigenvalue weighted by atomic mass is 32.2. The largest absolute Gasteiger partial charge is 0.457 e. The molecule has 4 aliphatic rings. The fraction of sp³-hybridized carbons (Fsp3) is 0.455. The van der Waals surface area contributed by atoms with Crippen molar-refractivity contribution in [2.45, 2.75) is 107 Å². The van der Waals surface area contributed by atoms with Crippen molar-refractivity contribution in [2.24, 2.45) is 0 Å². The van der Waals surface area contributed by atoms with E-state index in [2.05, 4.69) is 25.1 Å². The van der Waals surface area contributed by atoms with Gasteiger partial charge in [0.15, 0.2) is 5.65 Å². The van der Waals surface area contributed by atoms with Gasteiger partial charge in [0, 0.05) is 68.8 Å². The van der Waals surface area contributed by atoms with Gasteiger partial charge < -0.3 is 20.3 Å². The van der Waals surface area contributed by atoms with E-state index in [-0.39, 0.29) is 30.7 Å². The van der Waals surface area contributed by atoms with Crippen molar-refractivity contribution in [1.82, 2.24) is 44.7 Å². The van der Waals surface area contributed by atoms with Crippen molar-refractivity contribution >= 4 is 58.1 Å². The van der Waals surface area contributed by atoms with Crippen LogP contribution in [-0.4, -0.2) is 133 Å². The first-order valence-corrected chi connectivity index (χ1v) is 26.9. The number of fused-ring (bicyclic) bond motifs is 2. The Kier molecular flexibility index (Phi) is 17.1. The van der Waals surface area contributed by atoms with Crippen LogP contribution in [0.4, 0.5) is 5.82 Å². The summed E-state index contributed by atoms with van der Waals surface area (Å²) in [5.41, 5.74) is 9.41. The molecule has 6 heterocycles. The SMILES string of the molecule is Nc1ncnc2c1c(-c1ccc(Oc3ccccc3)cc1)nn2[C@@H]1CCCN(C(=O)/C=C/CN2CCN(CCCCCCCCCCCCSc3cccc4c3C(=O)N(C3CCC(=O)NC3=O)C4=O)CC2)C1. The van der Waals surface area contributed by atoms with Gasteiger partial charge >= 0.3 is 0 Å². The Morgan fingerprint density at radius 1 is 0.764 bits per heavy atom. The molecule has 0 saturated carbocycles. The van der Waals surface area contributed by atoms with Gasteiger partial charge in [0.05, 0.1) is 22.6 Å². The molecule has 0 bridgehead atoms. The smallest absolute Gasteiger partial charge is 0.263 e. The normalized spacial score (nSPS) is 18.9. The van der Waals surface area contributed by atoms with E-state index in [1.54, 1.807) is 30.0 Å². The van der Waals surface area contributed by atoms with E-state index < -0.39 is 23.8 Å². The number of imide groups is 2. The maximum Gasteiger partial charge on any atom is 0.263 e. The standard InChI is InChI=1S/C55H66N10O6S/c56-51-49-50(39-23-25-42(26-24-39)71-41-18-10-9-11-19-41)60-65(52(49)58-38-57-51)40-17-15-31-63(37-40)47(67)22-16-30-62-34-32-61(33-35-62)29-12-7-5-3-1-2-4-6-8-13-36-72-45-21-14-20-43-48(45)55(70)64(54(43)69)44-27-28-46(66)59-53(44)68/h9-11,14,16,18-26,38,40,44H,1-8,12-13,15,17,27-37H2,(H2,56,57,58)(H,59,66,68)/b22-16+/t40-,44?/m1/s1. The average Bonchev–Trinajstić information content (AvgIpc) is 3.91. The molecule has 2 atom stereocenters. The number of nitrogens with one attached hydrogen (secondary N) is 1. The van der Waals surface area contributed by atoms with Gasteiger partial charge in [0.1, 0.15) is 35.4 Å². The number of ether oxygens (including phenoxy) is 1. The third kappa shape index (κ3) is 12.2. The van der Waals surface area contributed by atoms with Crippen LogP contribution in [0, 0.1) is 0 Å². The molecule has 2 aromatic heterocycles. The van der Waals surface area contributed by atoms with E-state index in [4.69, 9.17) is 15.6 Å². The molecule has 5 amide bonds. The van der Waals surface area contributed by atoms with Crippen LogP contribution in [0.2, 0.25) is 0 Å². The zero-order valence-electron chi connectivity index (χ0n) is 41.1. The Morgan fingerprint density at radius 3 is 2.22 bits per heavy atom. The molecule has 17 heteroatoms. The number of thioether (sulfide) groups is 1. The third-order valence-electron chi connectivity index (χ3n) is 14.3. The quantitative estimate of drug-likeness (QED) is 0.0292. The number of hydrogen-bond donors (Lipinski definition) is 2. The molecule has 72 heavy (non-hydrogen) atoms. The summed E-state index contributed by atoms with van der Waals surface area (Å²) in [6, 6.07) is 21.8. The number of unbranched alkanes of at least 4 members (excludes halogenated alkanes) is 9. The molecule has 0 aliphatic carbocycles. The molecule has 0 spiro atoms. The number of likely N-dealkylation sites (tertiary alicyclic amines) is 1. The number of rotatable bonds is 22. The summed E-state index contributed by atoms with van der Waals surface area (Å²) in [6.45, 7) is 7.29. The second-order valence-corrected chi connectivity index (χ2v) is 20.5. The van der Waals surface area contributed by atoms with Gasteiger partial charge in [-0.25, -0.2) is 14.6 Å². The number of anilines is 1. The number of para-hydroxylation sites is 1. The van der Waals surface area contributed by atoms with Gasteiger partial charge in [-0.3, -0.25) is 39.1 Å². The molecule has 3 N–H and O–H groups in total. The lowest BCUT2D eigenvalue weighted by Gasteiger charge is -2.34. The lowest BCUT2D eigenvalue weighted by molar-refractivity contribution is -0.136. The Hall–Kier alpha value is -6.43. The van der Waals surface area contributed by atoms with Crippen molar-refractivity contribution in [2.75, 3.05) is 63.8 Å². The predicted octanol–water partition coefficient (Wildman–Crippen LogP) is 8.30. The van der Waals surface area contributed by atoms with E-state index in [0.717, 1.165) is 97.6 Å². The monoisotopic (exact) mass is 994 g/mol. The topological polar surface area (TPSA) is 189 Å². The van der Waals surface area contributed by atoms with E-state index in [9.17, 15) is 24.0 Å². The van der Waals surface area contributed by atoms with E-state index in [1.165, 1.54) is 57.7 Å². The second kappa shape index (κ2) is 24.3. The number of carbonyl (C=O) groups excluding carboxylic acids is 5. The Bertz CT molecular complexity index is 2740. The van der Waals surface area contributed by atoms with Gasteiger partial charge in [-0.1, -0.05) is 81.7 Å². The van der Waals surface area contributed by atoms with Crippen LogP contribution in [0.3, 0.4) is 0 Å². The zero-order valence-corrected chi connectivity index (χ0v) is 41.9. The molecule has 5 aromatic rings. The summed E-state index contributed by atoms with van der Waals surface area (Å²) in [5.74, 6) is 0.871. The minimum Gasteiger partial charge on any atom is -0.457 e. The highest BCUT2D eigenvalue weighted by Crippen LogP contribution is 2.37. The van der Waals surface area contributed by atoms with Crippen LogP contribution in [0.1, 0.15) is 117 Å². The number of nitrogen functional groups attached to an aromatic ring is 1. The molecule has 4 aliphatic heterocycles. The highest BCUT2D eigenvalue weighted by molar-refractivity contribution is 7.99. The van der Waals surface area contributed by atoms with Crippen LogP contribution in [-0.2, 0) is 14.4 Å². The summed E-state index contributed by atoms with van der Waals surface area (Å²) in [4.78, 5) is 81.7. The number of benzene rings is 3. The molecule has 9 rings (SSSR count). The minimum atomic E-state index is -0.949. The highest BCUT2D eigenvalue weighted by Gasteiger charge is 2.45. The summed E-state index contributed by atoms with van der Waals surface area (Å²) >= 11 is 1.59. The maximum atomic E-state index is 13.5. The molecule has 3 fully saturated rings. The van der Waals surface area contributed by atoms with Crippen LogP contribution >= 0.6 is 11.8 Å². The predicted molar refractivity (Wildman–Crippen MR) is 279 cm³/mol. The maximum absolute atomic E-state index is 13.5. The fourth-order valence-electron chi connectivity index (χ4n) is 10.4.